The van der Waals surface area contributed by atoms with Gasteiger partial charge in [0.25, 0.3) is 5.56 Å². The number of nitrogens with one attached hydrogen (secondary N) is 2. The standard InChI is InChI=1S/C15H14FN3O5/c1-2-24-15(23)17-12(11(20)9-6-4-3-5-7-9)19-8-10(16)13(21)18-14(19)22/h3-8,12H,2H2,1H3,(H,17,23)(H,18,21,22)/t12-/m1/s1. The fourth-order valence-corrected chi connectivity index (χ4v) is 1.96. The Bertz CT molecular complexity index is 859. The van der Waals surface area contributed by atoms with E-state index in [9.17, 15) is 23.6 Å². The molecule has 1 amide bonds. The Morgan fingerprint density at radius 3 is 2.58 bits per heavy atom. The zero-order valence-electron chi connectivity index (χ0n) is 12.6. The molecule has 0 aliphatic carbocycles. The fourth-order valence-electron chi connectivity index (χ4n) is 1.96. The molecule has 2 N–H and O–H groups in total. The average Bonchev–Trinajstić information content (AvgIpc) is 2.57. The molecule has 0 spiro atoms. The molecule has 0 radical (unpaired) electrons. The van der Waals surface area contributed by atoms with Crippen molar-refractivity contribution < 1.29 is 18.7 Å². The Morgan fingerprint density at radius 2 is 1.96 bits per heavy atom. The van der Waals surface area contributed by atoms with Gasteiger partial charge in [-0.15, -0.1) is 0 Å². The van der Waals surface area contributed by atoms with Gasteiger partial charge < -0.3 is 4.74 Å². The molecule has 1 heterocycles. The van der Waals surface area contributed by atoms with Gasteiger partial charge in [0.05, 0.1) is 12.8 Å². The summed E-state index contributed by atoms with van der Waals surface area (Å²) in [5.41, 5.74) is -2.09. The van der Waals surface area contributed by atoms with Crippen LogP contribution in [0, 0.1) is 5.82 Å². The van der Waals surface area contributed by atoms with Crippen molar-refractivity contribution in [3.8, 4) is 0 Å². The number of hydrogen-bond acceptors (Lipinski definition) is 5. The van der Waals surface area contributed by atoms with E-state index in [4.69, 9.17) is 4.74 Å². The first kappa shape index (κ1) is 17.1. The van der Waals surface area contributed by atoms with E-state index in [0.29, 0.717) is 10.8 Å². The topological polar surface area (TPSA) is 110 Å². The van der Waals surface area contributed by atoms with Gasteiger partial charge in [-0.25, -0.2) is 9.59 Å². The van der Waals surface area contributed by atoms with Crippen molar-refractivity contribution in [2.24, 2.45) is 0 Å². The van der Waals surface area contributed by atoms with E-state index in [2.05, 4.69) is 5.32 Å². The lowest BCUT2D eigenvalue weighted by atomic mass is 10.1. The number of nitrogens with zero attached hydrogens (tertiary/aromatic N) is 1. The largest absolute Gasteiger partial charge is 0.450 e. The highest BCUT2D eigenvalue weighted by Gasteiger charge is 2.26. The molecule has 8 nitrogen and oxygen atoms in total. The summed E-state index contributed by atoms with van der Waals surface area (Å²) in [5.74, 6) is -1.96. The molecule has 24 heavy (non-hydrogen) atoms. The predicted octanol–water partition coefficient (Wildman–Crippen LogP) is 0.803. The second-order valence-electron chi connectivity index (χ2n) is 4.64. The van der Waals surface area contributed by atoms with E-state index in [0.717, 1.165) is 0 Å². The van der Waals surface area contributed by atoms with Crippen molar-refractivity contribution in [2.75, 3.05) is 6.61 Å². The van der Waals surface area contributed by atoms with Gasteiger partial charge in [0, 0.05) is 5.56 Å². The Balaban J connectivity index is 2.49. The zero-order chi connectivity index (χ0) is 17.7. The summed E-state index contributed by atoms with van der Waals surface area (Å²) < 4.78 is 18.8. The van der Waals surface area contributed by atoms with Crippen molar-refractivity contribution in [2.45, 2.75) is 13.1 Å². The van der Waals surface area contributed by atoms with E-state index in [1.165, 1.54) is 12.1 Å². The lowest BCUT2D eigenvalue weighted by Gasteiger charge is -2.19. The molecule has 2 rings (SSSR count). The number of hydrogen-bond donors (Lipinski definition) is 2. The van der Waals surface area contributed by atoms with E-state index < -0.39 is 35.1 Å². The maximum absolute atomic E-state index is 13.5. The van der Waals surface area contributed by atoms with Gasteiger partial charge in [0.1, 0.15) is 0 Å². The van der Waals surface area contributed by atoms with Crippen LogP contribution >= 0.6 is 0 Å². The van der Waals surface area contributed by atoms with Crippen LogP contribution in [0.2, 0.25) is 0 Å². The van der Waals surface area contributed by atoms with Gasteiger partial charge in [-0.2, -0.15) is 4.39 Å². The summed E-state index contributed by atoms with van der Waals surface area (Å²) in [4.78, 5) is 49.0. The Morgan fingerprint density at radius 1 is 1.29 bits per heavy atom. The number of ether oxygens (including phenoxy) is 1. The third-order valence-corrected chi connectivity index (χ3v) is 3.04. The number of aromatic nitrogens is 2. The lowest BCUT2D eigenvalue weighted by molar-refractivity contribution is 0.0871. The summed E-state index contributed by atoms with van der Waals surface area (Å²) in [6.45, 7) is 1.59. The van der Waals surface area contributed by atoms with Crippen LogP contribution in [-0.2, 0) is 4.74 Å². The molecule has 1 aromatic heterocycles. The van der Waals surface area contributed by atoms with Crippen LogP contribution in [0.4, 0.5) is 9.18 Å². The number of halogens is 1. The van der Waals surface area contributed by atoms with Crippen LogP contribution < -0.4 is 16.6 Å². The van der Waals surface area contributed by atoms with Crippen molar-refractivity contribution in [1.82, 2.24) is 14.9 Å². The van der Waals surface area contributed by atoms with E-state index >= 15 is 0 Å². The molecule has 0 fully saturated rings. The van der Waals surface area contributed by atoms with Gasteiger partial charge in [0.2, 0.25) is 11.6 Å². The third-order valence-electron chi connectivity index (χ3n) is 3.04. The summed E-state index contributed by atoms with van der Waals surface area (Å²) >= 11 is 0. The van der Waals surface area contributed by atoms with Crippen LogP contribution in [0.25, 0.3) is 0 Å². The first-order valence-electron chi connectivity index (χ1n) is 6.97. The molecule has 0 unspecified atom stereocenters. The van der Waals surface area contributed by atoms with Crippen molar-refractivity contribution in [1.29, 1.82) is 0 Å². The minimum atomic E-state index is -1.58. The number of aromatic amines is 1. The van der Waals surface area contributed by atoms with Crippen LogP contribution in [0.15, 0.2) is 46.1 Å². The summed E-state index contributed by atoms with van der Waals surface area (Å²) in [7, 11) is 0. The minimum absolute atomic E-state index is 0.0347. The van der Waals surface area contributed by atoms with Gasteiger partial charge in [-0.1, -0.05) is 30.3 Å². The molecule has 0 saturated heterocycles. The second-order valence-corrected chi connectivity index (χ2v) is 4.64. The SMILES string of the molecule is CCOC(=O)N[C@@H](C(=O)c1ccccc1)n1cc(F)c(=O)[nH]c1=O. The number of Topliss-reactive ketones (excluding diaryl/α,β-unsaturated/α-hetero) is 1. The van der Waals surface area contributed by atoms with Crippen LogP contribution in [0.5, 0.6) is 0 Å². The smallest absolute Gasteiger partial charge is 0.409 e. The first-order chi connectivity index (χ1) is 11.4. The molecule has 1 atom stereocenters. The molecule has 0 aliphatic rings. The molecule has 9 heteroatoms. The number of H-pyrrole nitrogens is 1. The highest BCUT2D eigenvalue weighted by atomic mass is 19.1. The summed E-state index contributed by atoms with van der Waals surface area (Å²) in [6, 6.07) is 7.79. The van der Waals surface area contributed by atoms with E-state index in [1.807, 2.05) is 0 Å². The molecule has 1 aromatic carbocycles. The average molecular weight is 335 g/mol. The molecular weight excluding hydrogens is 321 g/mol. The molecule has 0 aliphatic heterocycles. The first-order valence-corrected chi connectivity index (χ1v) is 6.97. The van der Waals surface area contributed by atoms with Crippen molar-refractivity contribution >= 4 is 11.9 Å². The minimum Gasteiger partial charge on any atom is -0.450 e. The number of alkyl carbamates (subject to hydrolysis) is 1. The van der Waals surface area contributed by atoms with Crippen LogP contribution in [0.3, 0.4) is 0 Å². The Labute approximate surface area is 134 Å². The van der Waals surface area contributed by atoms with Gasteiger partial charge in [-0.05, 0) is 6.92 Å². The maximum atomic E-state index is 13.5. The normalized spacial score (nSPS) is 11.6. The summed E-state index contributed by atoms with van der Waals surface area (Å²) in [5, 5.41) is 2.18. The highest BCUT2D eigenvalue weighted by Crippen LogP contribution is 2.11. The molecule has 2 aromatic rings. The van der Waals surface area contributed by atoms with Gasteiger partial charge in [0.15, 0.2) is 6.17 Å². The van der Waals surface area contributed by atoms with E-state index in [-0.39, 0.29) is 12.2 Å². The Kier molecular flexibility index (Phi) is 5.25. The number of carbonyl (C=O) groups is 2. The second kappa shape index (κ2) is 7.36. The van der Waals surface area contributed by atoms with Crippen LogP contribution in [0.1, 0.15) is 23.4 Å². The monoisotopic (exact) mass is 335 g/mol. The Hall–Kier alpha value is -3.23. The summed E-state index contributed by atoms with van der Waals surface area (Å²) in [6.07, 6.45) is -1.99. The molecule has 126 valence electrons. The number of rotatable bonds is 5. The fraction of sp³-hybridized carbons (Fsp3) is 0.200. The maximum Gasteiger partial charge on any atom is 0.409 e. The highest BCUT2D eigenvalue weighted by molar-refractivity contribution is 6.00. The molecule has 0 saturated carbocycles. The van der Waals surface area contributed by atoms with Crippen LogP contribution in [-0.4, -0.2) is 28.0 Å². The van der Waals surface area contributed by atoms with E-state index in [1.54, 1.807) is 30.1 Å². The van der Waals surface area contributed by atoms with Gasteiger partial charge >= 0.3 is 11.8 Å². The number of benzene rings is 1. The van der Waals surface area contributed by atoms with Crippen molar-refractivity contribution in [3.63, 3.8) is 0 Å². The number of ketones is 1. The predicted molar refractivity (Wildman–Crippen MR) is 81.2 cm³/mol. The number of amides is 1. The quantitative estimate of drug-likeness (QED) is 0.786. The molecular formula is C15H14FN3O5. The number of carbonyl (C=O) groups excluding carboxylic acids is 2. The van der Waals surface area contributed by atoms with Gasteiger partial charge in [-0.3, -0.25) is 24.5 Å². The molecule has 0 bridgehead atoms. The zero-order valence-corrected chi connectivity index (χ0v) is 12.6. The lowest BCUT2D eigenvalue weighted by Crippen LogP contribution is -2.45. The van der Waals surface area contributed by atoms with Crippen molar-refractivity contribution in [3.05, 3.63) is 68.7 Å². The third kappa shape index (κ3) is 3.75.